The first-order valence-electron chi connectivity index (χ1n) is 6.73. The Morgan fingerprint density at radius 1 is 1.47 bits per heavy atom. The number of hydrogen-bond acceptors (Lipinski definition) is 3. The Bertz CT molecular complexity index is 415. The molecule has 0 amide bonds. The number of hydrogen-bond donors (Lipinski definition) is 2. The van der Waals surface area contributed by atoms with Crippen LogP contribution in [0, 0.1) is 0 Å². The smallest absolute Gasteiger partial charge is 0.312 e. The molecule has 104 valence electrons. The van der Waals surface area contributed by atoms with Crippen LogP contribution in [0.5, 0.6) is 0 Å². The summed E-state index contributed by atoms with van der Waals surface area (Å²) in [5, 5.41) is 12.7. The second-order valence-electron chi connectivity index (χ2n) is 5.33. The van der Waals surface area contributed by atoms with Crippen molar-refractivity contribution in [3.63, 3.8) is 0 Å². The van der Waals surface area contributed by atoms with Gasteiger partial charge >= 0.3 is 5.97 Å². The average molecular weight is 279 g/mol. The molecule has 1 aliphatic rings. The molecule has 3 nitrogen and oxygen atoms in total. The Labute approximate surface area is 118 Å². The molecule has 1 saturated heterocycles. The molecule has 4 heteroatoms. The Morgan fingerprint density at radius 2 is 2.21 bits per heavy atom. The normalized spacial score (nSPS) is 24.3. The topological polar surface area (TPSA) is 49.3 Å². The molecule has 2 atom stereocenters. The molecule has 0 radical (unpaired) electrons. The van der Waals surface area contributed by atoms with Crippen LogP contribution in [0.15, 0.2) is 30.3 Å². The molecule has 1 fully saturated rings. The highest BCUT2D eigenvalue weighted by Crippen LogP contribution is 2.37. The molecular weight excluding hydrogens is 258 g/mol. The quantitative estimate of drug-likeness (QED) is 0.840. The van der Waals surface area contributed by atoms with Crippen LogP contribution in [-0.4, -0.2) is 34.7 Å². The minimum Gasteiger partial charge on any atom is -0.481 e. The highest BCUT2D eigenvalue weighted by molar-refractivity contribution is 8.00. The Balaban J connectivity index is 1.90. The van der Waals surface area contributed by atoms with Gasteiger partial charge in [-0.2, -0.15) is 11.8 Å². The van der Waals surface area contributed by atoms with E-state index in [2.05, 4.69) is 12.2 Å². The molecule has 1 aromatic carbocycles. The van der Waals surface area contributed by atoms with Gasteiger partial charge < -0.3 is 10.4 Å². The van der Waals surface area contributed by atoms with Crippen molar-refractivity contribution in [2.24, 2.45) is 0 Å². The van der Waals surface area contributed by atoms with Gasteiger partial charge in [-0.05, 0) is 31.1 Å². The van der Waals surface area contributed by atoms with Crippen molar-refractivity contribution in [1.82, 2.24) is 5.32 Å². The lowest BCUT2D eigenvalue weighted by Crippen LogP contribution is -2.36. The fraction of sp³-hybridized carbons (Fsp3) is 0.533. The predicted molar refractivity (Wildman–Crippen MR) is 79.8 cm³/mol. The zero-order valence-electron chi connectivity index (χ0n) is 11.3. The van der Waals surface area contributed by atoms with Gasteiger partial charge in [0.05, 0.1) is 5.92 Å². The molecule has 2 unspecified atom stereocenters. The first-order chi connectivity index (χ1) is 9.11. The number of nitrogens with one attached hydrogen (secondary N) is 1. The Morgan fingerprint density at radius 3 is 2.79 bits per heavy atom. The van der Waals surface area contributed by atoms with E-state index in [0.717, 1.165) is 12.1 Å². The lowest BCUT2D eigenvalue weighted by atomic mass is 9.98. The predicted octanol–water partition coefficient (Wildman–Crippen LogP) is 2.73. The summed E-state index contributed by atoms with van der Waals surface area (Å²) in [4.78, 5) is 11.4. The maximum Gasteiger partial charge on any atom is 0.312 e. The number of thioether (sulfide) groups is 1. The van der Waals surface area contributed by atoms with Crippen LogP contribution in [0.3, 0.4) is 0 Å². The Kier molecular flexibility index (Phi) is 4.88. The highest BCUT2D eigenvalue weighted by atomic mass is 32.2. The molecule has 0 aromatic heterocycles. The van der Waals surface area contributed by atoms with E-state index < -0.39 is 11.9 Å². The summed E-state index contributed by atoms with van der Waals surface area (Å²) >= 11 is 1.99. The highest BCUT2D eigenvalue weighted by Gasteiger charge is 2.29. The third-order valence-electron chi connectivity index (χ3n) is 3.65. The third kappa shape index (κ3) is 3.98. The van der Waals surface area contributed by atoms with Crippen molar-refractivity contribution < 1.29 is 9.90 Å². The summed E-state index contributed by atoms with van der Waals surface area (Å²) < 4.78 is 0.278. The molecule has 19 heavy (non-hydrogen) atoms. The Hall–Kier alpha value is -1.00. The summed E-state index contributed by atoms with van der Waals surface area (Å²) in [5.41, 5.74) is 0.867. The van der Waals surface area contributed by atoms with Crippen LogP contribution < -0.4 is 5.32 Å². The lowest BCUT2D eigenvalue weighted by Gasteiger charge is -2.24. The van der Waals surface area contributed by atoms with E-state index in [4.69, 9.17) is 0 Å². The maximum atomic E-state index is 11.4. The van der Waals surface area contributed by atoms with Gasteiger partial charge in [0.15, 0.2) is 0 Å². The first-order valence-corrected chi connectivity index (χ1v) is 7.72. The van der Waals surface area contributed by atoms with Gasteiger partial charge in [-0.1, -0.05) is 30.3 Å². The van der Waals surface area contributed by atoms with E-state index in [1.165, 1.54) is 18.6 Å². The minimum atomic E-state index is -0.761. The molecule has 2 N–H and O–H groups in total. The van der Waals surface area contributed by atoms with Crippen LogP contribution in [0.1, 0.15) is 31.2 Å². The molecular formula is C15H21NO2S. The van der Waals surface area contributed by atoms with Crippen molar-refractivity contribution in [3.8, 4) is 0 Å². The third-order valence-corrected chi connectivity index (χ3v) is 5.19. The van der Waals surface area contributed by atoms with Crippen molar-refractivity contribution in [2.75, 3.05) is 18.8 Å². The molecule has 0 bridgehead atoms. The fourth-order valence-electron chi connectivity index (χ4n) is 2.49. The van der Waals surface area contributed by atoms with Gasteiger partial charge in [-0.25, -0.2) is 0 Å². The van der Waals surface area contributed by atoms with E-state index in [9.17, 15) is 9.90 Å². The van der Waals surface area contributed by atoms with Crippen molar-refractivity contribution in [2.45, 2.75) is 30.4 Å². The number of benzene rings is 1. The van der Waals surface area contributed by atoms with E-state index in [1.54, 1.807) is 0 Å². The number of rotatable bonds is 6. The number of carbonyl (C=O) groups is 1. The maximum absolute atomic E-state index is 11.4. The summed E-state index contributed by atoms with van der Waals surface area (Å²) in [6.07, 6.45) is 2.48. The lowest BCUT2D eigenvalue weighted by molar-refractivity contribution is -0.138. The van der Waals surface area contributed by atoms with Gasteiger partial charge in [0.25, 0.3) is 0 Å². The SMILES string of the molecule is CC1(CNCC(C(=O)O)c2ccccc2)CCCS1. The molecule has 0 aliphatic carbocycles. The van der Waals surface area contributed by atoms with Crippen LogP contribution in [0.25, 0.3) is 0 Å². The molecule has 0 saturated carbocycles. The standard InChI is InChI=1S/C15H21NO2S/c1-15(8-5-9-19-15)11-16-10-13(14(17)18)12-6-3-2-4-7-12/h2-4,6-7,13,16H,5,8-11H2,1H3,(H,17,18). The van der Waals surface area contributed by atoms with Gasteiger partial charge in [0.1, 0.15) is 0 Å². The van der Waals surface area contributed by atoms with Crippen LogP contribution in [0.2, 0.25) is 0 Å². The summed E-state index contributed by atoms with van der Waals surface area (Å²) in [6.45, 7) is 3.64. The van der Waals surface area contributed by atoms with E-state index in [-0.39, 0.29) is 4.75 Å². The zero-order chi connectivity index (χ0) is 13.7. The number of carboxylic acids is 1. The van der Waals surface area contributed by atoms with Crippen LogP contribution in [0.4, 0.5) is 0 Å². The molecule has 2 rings (SSSR count). The monoisotopic (exact) mass is 279 g/mol. The van der Waals surface area contributed by atoms with Crippen LogP contribution in [-0.2, 0) is 4.79 Å². The van der Waals surface area contributed by atoms with Gasteiger partial charge in [-0.15, -0.1) is 0 Å². The van der Waals surface area contributed by atoms with Gasteiger partial charge in [0, 0.05) is 17.8 Å². The zero-order valence-corrected chi connectivity index (χ0v) is 12.1. The van der Waals surface area contributed by atoms with Crippen LogP contribution >= 0.6 is 11.8 Å². The molecule has 1 aromatic rings. The second-order valence-corrected chi connectivity index (χ2v) is 7.02. The van der Waals surface area contributed by atoms with E-state index in [1.807, 2.05) is 42.1 Å². The van der Waals surface area contributed by atoms with Gasteiger partial charge in [-0.3, -0.25) is 4.79 Å². The summed E-state index contributed by atoms with van der Waals surface area (Å²) in [6, 6.07) is 9.45. The molecule has 1 aliphatic heterocycles. The summed E-state index contributed by atoms with van der Waals surface area (Å²) in [5.74, 6) is -0.00157. The average Bonchev–Trinajstić information content (AvgIpc) is 2.82. The molecule has 0 spiro atoms. The van der Waals surface area contributed by atoms with Crippen molar-refractivity contribution in [3.05, 3.63) is 35.9 Å². The van der Waals surface area contributed by atoms with Gasteiger partial charge in [0.2, 0.25) is 0 Å². The second kappa shape index (κ2) is 6.44. The van der Waals surface area contributed by atoms with Crippen molar-refractivity contribution >= 4 is 17.7 Å². The summed E-state index contributed by atoms with van der Waals surface area (Å²) in [7, 11) is 0. The fourth-order valence-corrected chi connectivity index (χ4v) is 3.76. The molecule has 1 heterocycles. The van der Waals surface area contributed by atoms with E-state index >= 15 is 0 Å². The minimum absolute atomic E-state index is 0.278. The largest absolute Gasteiger partial charge is 0.481 e. The number of carboxylic acid groups (broad SMARTS) is 1. The van der Waals surface area contributed by atoms with Crippen molar-refractivity contribution in [1.29, 1.82) is 0 Å². The number of aliphatic carboxylic acids is 1. The van der Waals surface area contributed by atoms with E-state index in [0.29, 0.717) is 6.54 Å². The first kappa shape index (κ1) is 14.4.